The van der Waals surface area contributed by atoms with Crippen LogP contribution in [0.5, 0.6) is 11.5 Å². The summed E-state index contributed by atoms with van der Waals surface area (Å²) >= 11 is 0. The van der Waals surface area contributed by atoms with Crippen molar-refractivity contribution >= 4 is 6.09 Å². The smallest absolute Gasteiger partial charge is 0.407 e. The molecule has 0 aliphatic carbocycles. The van der Waals surface area contributed by atoms with Crippen LogP contribution >= 0.6 is 0 Å². The first kappa shape index (κ1) is 14.0. The predicted octanol–water partition coefficient (Wildman–Crippen LogP) is 2.89. The van der Waals surface area contributed by atoms with Crippen molar-refractivity contribution in [2.24, 2.45) is 0 Å². The molecule has 0 saturated carbocycles. The molecule has 114 valence electrons. The molecule has 1 amide bonds. The minimum Gasteiger partial charge on any atom is -0.497 e. The van der Waals surface area contributed by atoms with Gasteiger partial charge in [0.1, 0.15) is 23.4 Å². The van der Waals surface area contributed by atoms with Crippen LogP contribution in [-0.4, -0.2) is 41.4 Å². The standard InChI is InChI=1S/C15H18FNO4/c1-20-12-4-9(16)5-13(8-12)21-14-6-10-2-3-11(7-14)17(10)15(18)19/h4-5,8,10-11,14H,2-3,6-7H2,1H3,(H,18,19)/t10-,11+,14?. The summed E-state index contributed by atoms with van der Waals surface area (Å²) in [6.07, 6.45) is 2.13. The van der Waals surface area contributed by atoms with Crippen LogP contribution in [0.3, 0.4) is 0 Å². The van der Waals surface area contributed by atoms with Crippen molar-refractivity contribution in [2.75, 3.05) is 7.11 Å². The van der Waals surface area contributed by atoms with Crippen molar-refractivity contribution in [3.8, 4) is 11.5 Å². The number of piperidine rings is 1. The third-order valence-electron chi connectivity index (χ3n) is 4.29. The Hall–Kier alpha value is -1.98. The Morgan fingerprint density at radius 2 is 1.86 bits per heavy atom. The van der Waals surface area contributed by atoms with Gasteiger partial charge in [-0.3, -0.25) is 0 Å². The van der Waals surface area contributed by atoms with E-state index in [1.54, 1.807) is 11.0 Å². The molecular weight excluding hydrogens is 277 g/mol. The Morgan fingerprint density at radius 3 is 2.43 bits per heavy atom. The number of carboxylic acid groups (broad SMARTS) is 1. The van der Waals surface area contributed by atoms with E-state index in [2.05, 4.69) is 0 Å². The molecule has 1 aromatic carbocycles. The first-order valence-corrected chi connectivity index (χ1v) is 7.09. The number of benzene rings is 1. The van der Waals surface area contributed by atoms with Crippen molar-refractivity contribution in [1.29, 1.82) is 0 Å². The number of hydrogen-bond acceptors (Lipinski definition) is 3. The summed E-state index contributed by atoms with van der Waals surface area (Å²) < 4.78 is 24.3. The summed E-state index contributed by atoms with van der Waals surface area (Å²) in [5.74, 6) is 0.436. The predicted molar refractivity (Wildman–Crippen MR) is 73.3 cm³/mol. The van der Waals surface area contributed by atoms with Crippen molar-refractivity contribution in [3.63, 3.8) is 0 Å². The Labute approximate surface area is 122 Å². The number of hydrogen-bond donors (Lipinski definition) is 1. The average molecular weight is 295 g/mol. The molecule has 6 heteroatoms. The first-order chi connectivity index (χ1) is 10.1. The highest BCUT2D eigenvalue weighted by molar-refractivity contribution is 5.66. The molecule has 1 N–H and O–H groups in total. The summed E-state index contributed by atoms with van der Waals surface area (Å²) in [7, 11) is 1.48. The Morgan fingerprint density at radius 1 is 1.24 bits per heavy atom. The van der Waals surface area contributed by atoms with Gasteiger partial charge in [-0.1, -0.05) is 0 Å². The molecule has 21 heavy (non-hydrogen) atoms. The van der Waals surface area contributed by atoms with Gasteiger partial charge < -0.3 is 19.5 Å². The number of methoxy groups -OCH3 is 1. The zero-order valence-corrected chi connectivity index (χ0v) is 11.8. The molecular formula is C15H18FNO4. The maximum atomic E-state index is 13.5. The van der Waals surface area contributed by atoms with Crippen LogP contribution < -0.4 is 9.47 Å². The van der Waals surface area contributed by atoms with Crippen molar-refractivity contribution in [1.82, 2.24) is 4.90 Å². The van der Waals surface area contributed by atoms with Crippen LogP contribution in [0, 0.1) is 5.82 Å². The van der Waals surface area contributed by atoms with Crippen LogP contribution in [0.4, 0.5) is 9.18 Å². The molecule has 3 atom stereocenters. The van der Waals surface area contributed by atoms with Gasteiger partial charge in [-0.25, -0.2) is 9.18 Å². The largest absolute Gasteiger partial charge is 0.497 e. The second-order valence-electron chi connectivity index (χ2n) is 5.61. The lowest BCUT2D eigenvalue weighted by atomic mass is 10.0. The highest BCUT2D eigenvalue weighted by Gasteiger charge is 2.44. The maximum Gasteiger partial charge on any atom is 0.407 e. The number of fused-ring (bicyclic) bond motifs is 2. The van der Waals surface area contributed by atoms with Gasteiger partial charge in [0.15, 0.2) is 0 Å². The third-order valence-corrected chi connectivity index (χ3v) is 4.29. The van der Waals surface area contributed by atoms with E-state index in [4.69, 9.17) is 9.47 Å². The molecule has 5 nitrogen and oxygen atoms in total. The zero-order valence-electron chi connectivity index (χ0n) is 11.8. The molecule has 1 unspecified atom stereocenters. The van der Waals surface area contributed by atoms with Crippen LogP contribution in [-0.2, 0) is 0 Å². The van der Waals surface area contributed by atoms with Gasteiger partial charge in [-0.15, -0.1) is 0 Å². The van der Waals surface area contributed by atoms with E-state index in [1.807, 2.05) is 0 Å². The lowest BCUT2D eigenvalue weighted by Crippen LogP contribution is -2.48. The SMILES string of the molecule is COc1cc(F)cc(OC2C[C@H]3CC[C@@H](C2)N3C(=O)O)c1. The number of rotatable bonds is 3. The fraction of sp³-hybridized carbons (Fsp3) is 0.533. The summed E-state index contributed by atoms with van der Waals surface area (Å²) in [5.41, 5.74) is 0. The molecule has 2 aliphatic rings. The van der Waals surface area contributed by atoms with Crippen LogP contribution in [0.25, 0.3) is 0 Å². The van der Waals surface area contributed by atoms with Gasteiger partial charge in [-0.05, 0) is 12.8 Å². The Kier molecular flexibility index (Phi) is 3.61. The lowest BCUT2D eigenvalue weighted by Gasteiger charge is -2.37. The normalized spacial score (nSPS) is 27.5. The number of carbonyl (C=O) groups is 1. The van der Waals surface area contributed by atoms with E-state index in [0.717, 1.165) is 12.8 Å². The monoisotopic (exact) mass is 295 g/mol. The molecule has 2 heterocycles. The van der Waals surface area contributed by atoms with E-state index in [9.17, 15) is 14.3 Å². The van der Waals surface area contributed by atoms with Crippen LogP contribution in [0.15, 0.2) is 18.2 Å². The average Bonchev–Trinajstić information content (AvgIpc) is 2.70. The molecule has 1 aromatic rings. The zero-order chi connectivity index (χ0) is 15.0. The minimum atomic E-state index is -0.853. The topological polar surface area (TPSA) is 59.0 Å². The molecule has 2 aliphatic heterocycles. The van der Waals surface area contributed by atoms with Crippen molar-refractivity contribution < 1.29 is 23.8 Å². The van der Waals surface area contributed by atoms with E-state index >= 15 is 0 Å². The van der Waals surface area contributed by atoms with Crippen LogP contribution in [0.2, 0.25) is 0 Å². The number of amides is 1. The van der Waals surface area contributed by atoms with Crippen molar-refractivity contribution in [2.45, 2.75) is 43.9 Å². The first-order valence-electron chi connectivity index (χ1n) is 7.09. The number of halogens is 1. The second-order valence-corrected chi connectivity index (χ2v) is 5.61. The van der Waals surface area contributed by atoms with Gasteiger partial charge in [0.05, 0.1) is 7.11 Å². The molecule has 0 spiro atoms. The minimum absolute atomic E-state index is 0.0155. The molecule has 2 fully saturated rings. The third kappa shape index (κ3) is 2.75. The summed E-state index contributed by atoms with van der Waals surface area (Å²) in [6, 6.07) is 4.30. The maximum absolute atomic E-state index is 13.5. The summed E-state index contributed by atoms with van der Waals surface area (Å²) in [4.78, 5) is 12.8. The Balaban J connectivity index is 1.70. The molecule has 2 saturated heterocycles. The van der Waals surface area contributed by atoms with Gasteiger partial charge in [0, 0.05) is 43.1 Å². The second kappa shape index (κ2) is 5.42. The molecule has 0 aromatic heterocycles. The number of nitrogens with zero attached hydrogens (tertiary/aromatic N) is 1. The van der Waals surface area contributed by atoms with Crippen molar-refractivity contribution in [3.05, 3.63) is 24.0 Å². The molecule has 3 rings (SSSR count). The molecule has 0 radical (unpaired) electrons. The highest BCUT2D eigenvalue weighted by Crippen LogP contribution is 2.37. The summed E-state index contributed by atoms with van der Waals surface area (Å²) in [6.45, 7) is 0. The van der Waals surface area contributed by atoms with E-state index < -0.39 is 11.9 Å². The molecule has 2 bridgehead atoms. The summed E-state index contributed by atoms with van der Waals surface area (Å²) in [5, 5.41) is 9.22. The fourth-order valence-electron chi connectivity index (χ4n) is 3.45. The van der Waals surface area contributed by atoms with E-state index in [1.165, 1.54) is 19.2 Å². The van der Waals surface area contributed by atoms with Gasteiger partial charge >= 0.3 is 6.09 Å². The van der Waals surface area contributed by atoms with Gasteiger partial charge in [0.25, 0.3) is 0 Å². The highest BCUT2D eigenvalue weighted by atomic mass is 19.1. The van der Waals surface area contributed by atoms with E-state index in [0.29, 0.717) is 24.3 Å². The fourth-order valence-corrected chi connectivity index (χ4v) is 3.45. The number of ether oxygens (including phenoxy) is 2. The Bertz CT molecular complexity index is 536. The lowest BCUT2D eigenvalue weighted by molar-refractivity contribution is 0.0494. The quantitative estimate of drug-likeness (QED) is 0.931. The van der Waals surface area contributed by atoms with Crippen LogP contribution in [0.1, 0.15) is 25.7 Å². The van der Waals surface area contributed by atoms with Gasteiger partial charge in [-0.2, -0.15) is 0 Å². The van der Waals surface area contributed by atoms with Gasteiger partial charge in [0.2, 0.25) is 0 Å². The van der Waals surface area contributed by atoms with E-state index in [-0.39, 0.29) is 18.2 Å².